The minimum atomic E-state index is -3.26. The molecule has 0 saturated heterocycles. The summed E-state index contributed by atoms with van der Waals surface area (Å²) in [5.74, 6) is 1.03. The second-order valence-electron chi connectivity index (χ2n) is 19.0. The van der Waals surface area contributed by atoms with E-state index in [1.807, 2.05) is 55.5 Å². The monoisotopic (exact) mass is 1010 g/mol. The molecule has 7 rings (SSSR count). The number of aromatic amines is 1. The number of H-pyrrole nitrogens is 1. The molecule has 342 valence electrons. The van der Waals surface area contributed by atoms with E-state index in [4.69, 9.17) is 23.2 Å². The Hall–Kier alpha value is -3.15. The third-order valence-electron chi connectivity index (χ3n) is 9.11. The number of fused-ring (bicyclic) bond motifs is 3. The maximum Gasteiger partial charge on any atom is 0.192 e. The van der Waals surface area contributed by atoms with Crippen LogP contribution in [0, 0.1) is 12.3 Å². The molecule has 17 heteroatoms. The number of nitrogens with zero attached hydrogens (tertiary/aromatic N) is 2. The highest BCUT2D eigenvalue weighted by molar-refractivity contribution is 7.96. The molecule has 0 radical (unpaired) electrons. The standard InChI is InChI=1S/C13H16O2S2.C12H15ClN2.C11H13NO2S2.C10H13ClO2S2/c1-9-5-6-10-8-12(16-11(10)7-9)17(14,15)13(2,3)4;1-12(2,3)7-11-14-9-5-4-8(13)6-10(9)15-11;1-11(2,3)16(13,14)10-7-8-9(15-10)5-4-6-12-8;1-10(2,3)15(12,13)7-6-8-4-5-9(11)14-8/h5-8H,1-4H3;4-6H,7H2,1-3H3,(H,14,15);4-7H,1-3H3;4-7H,1-3H3/b;;;7-6+. The summed E-state index contributed by atoms with van der Waals surface area (Å²) in [6.45, 7) is 24.0. The van der Waals surface area contributed by atoms with Gasteiger partial charge in [-0.05, 0) is 152 Å². The number of thiophene rings is 3. The SMILES string of the molecule is CC(C)(C)Cc1nc2ccc(Cl)cc2[nH]1.CC(C)(C)S(=O)(=O)/C=C/c1ccc(Cl)s1.CC(C)(C)S(=O)(=O)c1cc2ncccc2s1.Cc1ccc2cc(S(=O)(=O)C(C)(C)C)sc2c1. The minimum absolute atomic E-state index is 0.248. The zero-order valence-electron chi connectivity index (χ0n) is 37.9. The molecule has 0 amide bonds. The number of sulfone groups is 3. The van der Waals surface area contributed by atoms with Crippen molar-refractivity contribution in [2.24, 2.45) is 5.41 Å². The summed E-state index contributed by atoms with van der Waals surface area (Å²) in [6.07, 6.45) is 4.19. The second-order valence-corrected chi connectivity index (χ2v) is 31.8. The zero-order valence-corrected chi connectivity index (χ0v) is 44.3. The van der Waals surface area contributed by atoms with Crippen LogP contribution in [-0.2, 0) is 35.9 Å². The lowest BCUT2D eigenvalue weighted by atomic mass is 9.92. The quantitative estimate of drug-likeness (QED) is 0.179. The molecule has 0 saturated carbocycles. The van der Waals surface area contributed by atoms with E-state index in [1.165, 1.54) is 39.4 Å². The highest BCUT2D eigenvalue weighted by Crippen LogP contribution is 2.36. The highest BCUT2D eigenvalue weighted by Gasteiger charge is 2.33. The van der Waals surface area contributed by atoms with Gasteiger partial charge in [0.05, 0.1) is 39.8 Å². The lowest BCUT2D eigenvalue weighted by molar-refractivity contribution is 0.402. The van der Waals surface area contributed by atoms with E-state index in [9.17, 15) is 25.3 Å². The van der Waals surface area contributed by atoms with Gasteiger partial charge in [0, 0.05) is 32.6 Å². The molecule has 0 unspecified atom stereocenters. The van der Waals surface area contributed by atoms with Crippen molar-refractivity contribution in [3.63, 3.8) is 0 Å². The van der Waals surface area contributed by atoms with Crippen LogP contribution in [-0.4, -0.2) is 54.4 Å². The molecule has 2 aromatic carbocycles. The van der Waals surface area contributed by atoms with Gasteiger partial charge in [0.25, 0.3) is 0 Å². The summed E-state index contributed by atoms with van der Waals surface area (Å²) in [5, 5.41) is 2.99. The molecule has 5 aromatic heterocycles. The number of hydrogen-bond donors (Lipinski definition) is 1. The van der Waals surface area contributed by atoms with Crippen LogP contribution in [0.1, 0.15) is 99.3 Å². The van der Waals surface area contributed by atoms with Crippen molar-refractivity contribution >= 4 is 124 Å². The molecule has 9 nitrogen and oxygen atoms in total. The van der Waals surface area contributed by atoms with Gasteiger partial charge in [-0.25, -0.2) is 30.2 Å². The first-order valence-corrected chi connectivity index (χ1v) is 27.6. The molecule has 0 aliphatic carbocycles. The average Bonchev–Trinajstić information content (AvgIpc) is 3.95. The molecule has 7 aromatic rings. The molecule has 63 heavy (non-hydrogen) atoms. The van der Waals surface area contributed by atoms with Crippen molar-refractivity contribution in [1.82, 2.24) is 15.0 Å². The van der Waals surface area contributed by atoms with E-state index >= 15 is 0 Å². The van der Waals surface area contributed by atoms with Gasteiger partial charge in [-0.1, -0.05) is 56.1 Å². The molecule has 0 atom stereocenters. The van der Waals surface area contributed by atoms with E-state index in [1.54, 1.807) is 98.9 Å². The lowest BCUT2D eigenvalue weighted by Crippen LogP contribution is -2.27. The van der Waals surface area contributed by atoms with Gasteiger partial charge in [-0.2, -0.15) is 0 Å². The Balaban J connectivity index is 0.000000185. The van der Waals surface area contributed by atoms with Crippen molar-refractivity contribution in [3.05, 3.63) is 110 Å². The molecule has 0 aliphatic rings. The molecule has 1 N–H and O–H groups in total. The predicted molar refractivity (Wildman–Crippen MR) is 271 cm³/mol. The number of aromatic nitrogens is 3. The summed E-state index contributed by atoms with van der Waals surface area (Å²) >= 11 is 15.6. The van der Waals surface area contributed by atoms with E-state index < -0.39 is 43.8 Å². The summed E-state index contributed by atoms with van der Waals surface area (Å²) in [7, 11) is -9.70. The summed E-state index contributed by atoms with van der Waals surface area (Å²) < 4.78 is 73.7. The molecule has 0 spiro atoms. The Labute approximate surface area is 395 Å². The van der Waals surface area contributed by atoms with E-state index in [2.05, 4.69) is 35.7 Å². The number of pyridine rings is 1. The van der Waals surface area contributed by atoms with Crippen LogP contribution >= 0.6 is 57.2 Å². The number of nitrogens with one attached hydrogen (secondary N) is 1. The first kappa shape index (κ1) is 52.5. The second kappa shape index (κ2) is 19.8. The van der Waals surface area contributed by atoms with Crippen LogP contribution in [0.3, 0.4) is 0 Å². The Morgan fingerprint density at radius 3 is 1.79 bits per heavy atom. The Morgan fingerprint density at radius 1 is 0.651 bits per heavy atom. The topological polar surface area (TPSA) is 144 Å². The van der Waals surface area contributed by atoms with Crippen LogP contribution in [0.5, 0.6) is 0 Å². The van der Waals surface area contributed by atoms with E-state index in [0.717, 1.165) is 59.0 Å². The van der Waals surface area contributed by atoms with Gasteiger partial charge < -0.3 is 4.98 Å². The maximum absolute atomic E-state index is 12.3. The number of aryl methyl sites for hydroxylation is 1. The molecule has 0 aliphatic heterocycles. The Morgan fingerprint density at radius 2 is 1.25 bits per heavy atom. The molecular formula is C46H57Cl2N3O6S6. The fourth-order valence-electron chi connectivity index (χ4n) is 5.23. The number of benzene rings is 2. The predicted octanol–water partition coefficient (Wildman–Crippen LogP) is 14.0. The first-order chi connectivity index (χ1) is 28.7. The van der Waals surface area contributed by atoms with Crippen molar-refractivity contribution in [2.45, 2.75) is 119 Å². The summed E-state index contributed by atoms with van der Waals surface area (Å²) in [6, 6.07) is 22.4. The minimum Gasteiger partial charge on any atom is -0.342 e. The number of imidazole rings is 1. The largest absolute Gasteiger partial charge is 0.342 e. The first-order valence-electron chi connectivity index (χ1n) is 19.9. The third kappa shape index (κ3) is 13.9. The fraction of sp³-hybridized carbons (Fsp3) is 0.391. The smallest absolute Gasteiger partial charge is 0.192 e. The maximum atomic E-state index is 12.3. The normalized spacial score (nSPS) is 13.1. The van der Waals surface area contributed by atoms with Gasteiger partial charge in [-0.3, -0.25) is 4.98 Å². The van der Waals surface area contributed by atoms with Crippen molar-refractivity contribution < 1.29 is 25.3 Å². The van der Waals surface area contributed by atoms with Crippen LogP contribution in [0.25, 0.3) is 37.4 Å². The van der Waals surface area contributed by atoms with Gasteiger partial charge in [-0.15, -0.1) is 34.0 Å². The van der Waals surface area contributed by atoms with Crippen LogP contribution < -0.4 is 0 Å². The van der Waals surface area contributed by atoms with Crippen LogP contribution in [0.4, 0.5) is 0 Å². The average molecular weight is 1010 g/mol. The zero-order chi connectivity index (χ0) is 47.6. The van der Waals surface area contributed by atoms with Crippen molar-refractivity contribution in [1.29, 1.82) is 0 Å². The third-order valence-corrected chi connectivity index (χ3v) is 20.9. The molecular weight excluding hydrogens is 954 g/mol. The number of hydrogen-bond acceptors (Lipinski definition) is 11. The van der Waals surface area contributed by atoms with Crippen molar-refractivity contribution in [3.8, 4) is 0 Å². The molecule has 0 bridgehead atoms. The molecule has 5 heterocycles. The fourth-order valence-corrected chi connectivity index (χ4v) is 13.5. The van der Waals surface area contributed by atoms with Crippen molar-refractivity contribution in [2.75, 3.05) is 0 Å². The highest BCUT2D eigenvalue weighted by atomic mass is 35.5. The van der Waals surface area contributed by atoms with E-state index in [-0.39, 0.29) is 5.41 Å². The van der Waals surface area contributed by atoms with Crippen LogP contribution in [0.2, 0.25) is 9.36 Å². The number of rotatable bonds is 5. The van der Waals surface area contributed by atoms with Crippen LogP contribution in [0.15, 0.2) is 92.8 Å². The molecule has 0 fully saturated rings. The van der Waals surface area contributed by atoms with Gasteiger partial charge >= 0.3 is 0 Å². The van der Waals surface area contributed by atoms with Gasteiger partial charge in [0.15, 0.2) is 29.5 Å². The summed E-state index contributed by atoms with van der Waals surface area (Å²) in [4.78, 5) is 12.8. The lowest BCUT2D eigenvalue weighted by Gasteiger charge is -2.17. The number of halogens is 2. The van der Waals surface area contributed by atoms with Gasteiger partial charge in [0.1, 0.15) is 14.2 Å². The summed E-state index contributed by atoms with van der Waals surface area (Å²) in [5.41, 5.74) is 4.15. The van der Waals surface area contributed by atoms with E-state index in [0.29, 0.717) is 12.8 Å². The Bertz CT molecular complexity index is 3030. The Kier molecular flexibility index (Phi) is 16.5. The van der Waals surface area contributed by atoms with Gasteiger partial charge in [0.2, 0.25) is 0 Å².